The number of aliphatic carboxylic acids is 1. The van der Waals surface area contributed by atoms with Crippen LogP contribution in [0.3, 0.4) is 0 Å². The summed E-state index contributed by atoms with van der Waals surface area (Å²) in [5.41, 5.74) is 0.595. The molecule has 6 heteroatoms. The van der Waals surface area contributed by atoms with Crippen LogP contribution in [0.2, 0.25) is 0 Å². The van der Waals surface area contributed by atoms with Crippen LogP contribution in [0.4, 0.5) is 10.5 Å². The van der Waals surface area contributed by atoms with Gasteiger partial charge >= 0.3 is 12.0 Å². The molecule has 1 aliphatic rings. The summed E-state index contributed by atoms with van der Waals surface area (Å²) in [5, 5.41) is 12.1. The minimum absolute atomic E-state index is 0.372. The molecule has 0 spiro atoms. The topological polar surface area (TPSA) is 69.6 Å². The SMILES string of the molecule is Cc1ccc(NC(=O)N2CCCC2(C)C(=O)O)cc1Br. The van der Waals surface area contributed by atoms with Crippen LogP contribution in [0.1, 0.15) is 25.3 Å². The Morgan fingerprint density at radius 3 is 2.75 bits per heavy atom. The summed E-state index contributed by atoms with van der Waals surface area (Å²) >= 11 is 3.41. The van der Waals surface area contributed by atoms with Crippen molar-refractivity contribution in [1.82, 2.24) is 4.90 Å². The predicted octanol–water partition coefficient (Wildman–Crippen LogP) is 3.23. The molecular weight excluding hydrogens is 324 g/mol. The maximum absolute atomic E-state index is 12.3. The fourth-order valence-electron chi connectivity index (χ4n) is 2.37. The van der Waals surface area contributed by atoms with Gasteiger partial charge in [0.25, 0.3) is 0 Å². The van der Waals surface area contributed by atoms with Crippen LogP contribution < -0.4 is 5.32 Å². The summed E-state index contributed by atoms with van der Waals surface area (Å²) in [6, 6.07) is 5.12. The Morgan fingerprint density at radius 1 is 1.45 bits per heavy atom. The highest BCUT2D eigenvalue weighted by atomic mass is 79.9. The summed E-state index contributed by atoms with van der Waals surface area (Å²) < 4.78 is 0.901. The number of carbonyl (C=O) groups is 2. The van der Waals surface area contributed by atoms with Crippen LogP contribution in [0.15, 0.2) is 22.7 Å². The zero-order valence-electron chi connectivity index (χ0n) is 11.4. The monoisotopic (exact) mass is 340 g/mol. The number of likely N-dealkylation sites (tertiary alicyclic amines) is 1. The minimum atomic E-state index is -1.12. The molecule has 2 N–H and O–H groups in total. The maximum atomic E-state index is 12.3. The number of benzene rings is 1. The number of rotatable bonds is 2. The molecule has 5 nitrogen and oxygen atoms in total. The van der Waals surface area contributed by atoms with Crippen molar-refractivity contribution < 1.29 is 14.7 Å². The van der Waals surface area contributed by atoms with Crippen molar-refractivity contribution in [2.75, 3.05) is 11.9 Å². The van der Waals surface area contributed by atoms with Crippen molar-refractivity contribution in [1.29, 1.82) is 0 Å². The Morgan fingerprint density at radius 2 is 2.15 bits per heavy atom. The molecule has 0 aliphatic carbocycles. The van der Waals surface area contributed by atoms with Gasteiger partial charge in [-0.15, -0.1) is 0 Å². The molecule has 0 bridgehead atoms. The first kappa shape index (κ1) is 14.8. The van der Waals surface area contributed by atoms with Gasteiger partial charge in [0.15, 0.2) is 0 Å². The molecule has 1 saturated heterocycles. The summed E-state index contributed by atoms with van der Waals surface area (Å²) in [4.78, 5) is 25.0. The molecule has 1 heterocycles. The fourth-order valence-corrected chi connectivity index (χ4v) is 2.75. The van der Waals surface area contributed by atoms with Crippen molar-refractivity contribution in [2.45, 2.75) is 32.2 Å². The van der Waals surface area contributed by atoms with E-state index in [1.807, 2.05) is 13.0 Å². The molecule has 2 rings (SSSR count). The van der Waals surface area contributed by atoms with Gasteiger partial charge in [0.2, 0.25) is 0 Å². The Hall–Kier alpha value is -1.56. The highest BCUT2D eigenvalue weighted by Gasteiger charge is 2.46. The van der Waals surface area contributed by atoms with Crippen LogP contribution in [0.5, 0.6) is 0 Å². The van der Waals surface area contributed by atoms with Gasteiger partial charge in [0.1, 0.15) is 5.54 Å². The summed E-state index contributed by atoms with van der Waals surface area (Å²) in [6.07, 6.45) is 1.18. The number of hydrogen-bond donors (Lipinski definition) is 2. The van der Waals surface area contributed by atoms with Crippen molar-refractivity contribution in [3.05, 3.63) is 28.2 Å². The molecule has 1 aliphatic heterocycles. The lowest BCUT2D eigenvalue weighted by molar-refractivity contribution is -0.146. The maximum Gasteiger partial charge on any atom is 0.329 e. The van der Waals surface area contributed by atoms with Gasteiger partial charge in [0, 0.05) is 16.7 Å². The Kier molecular flexibility index (Phi) is 4.04. The Balaban J connectivity index is 2.15. The number of carboxylic acids is 1. The van der Waals surface area contributed by atoms with Gasteiger partial charge in [-0.1, -0.05) is 22.0 Å². The van der Waals surface area contributed by atoms with E-state index in [1.54, 1.807) is 19.1 Å². The van der Waals surface area contributed by atoms with E-state index in [4.69, 9.17) is 0 Å². The lowest BCUT2D eigenvalue weighted by Gasteiger charge is -2.31. The van der Waals surface area contributed by atoms with E-state index < -0.39 is 11.5 Å². The fraction of sp³-hybridized carbons (Fsp3) is 0.429. The van der Waals surface area contributed by atoms with Crippen LogP contribution in [-0.4, -0.2) is 34.1 Å². The Labute approximate surface area is 126 Å². The molecule has 1 atom stereocenters. The number of halogens is 1. The third-order valence-electron chi connectivity index (χ3n) is 3.77. The van der Waals surface area contributed by atoms with E-state index >= 15 is 0 Å². The number of nitrogens with zero attached hydrogens (tertiary/aromatic N) is 1. The van der Waals surface area contributed by atoms with Crippen molar-refractivity contribution in [2.24, 2.45) is 0 Å². The molecule has 1 fully saturated rings. The molecule has 0 radical (unpaired) electrons. The molecule has 20 heavy (non-hydrogen) atoms. The van der Waals surface area contributed by atoms with E-state index in [-0.39, 0.29) is 6.03 Å². The number of aryl methyl sites for hydroxylation is 1. The summed E-state index contributed by atoms with van der Waals surface area (Å²) in [6.45, 7) is 4.01. The average Bonchev–Trinajstić information content (AvgIpc) is 2.77. The van der Waals surface area contributed by atoms with Crippen LogP contribution >= 0.6 is 15.9 Å². The van der Waals surface area contributed by atoms with E-state index in [2.05, 4.69) is 21.2 Å². The van der Waals surface area contributed by atoms with Crippen LogP contribution in [0.25, 0.3) is 0 Å². The Bertz CT molecular complexity index is 561. The third kappa shape index (κ3) is 2.65. The van der Waals surface area contributed by atoms with Crippen molar-refractivity contribution in [3.63, 3.8) is 0 Å². The van der Waals surface area contributed by atoms with Crippen LogP contribution in [-0.2, 0) is 4.79 Å². The molecule has 108 valence electrons. The standard InChI is InChI=1S/C14H17BrN2O3/c1-9-4-5-10(8-11(9)15)16-13(20)17-7-3-6-14(17,2)12(18)19/h4-5,8H,3,6-7H2,1-2H3,(H,16,20)(H,18,19). The van der Waals surface area contributed by atoms with Gasteiger partial charge < -0.3 is 15.3 Å². The second-order valence-corrected chi connectivity index (χ2v) is 6.08. The highest BCUT2D eigenvalue weighted by Crippen LogP contribution is 2.30. The largest absolute Gasteiger partial charge is 0.480 e. The number of anilines is 1. The van der Waals surface area contributed by atoms with Gasteiger partial charge in [-0.05, 0) is 44.4 Å². The molecule has 0 saturated carbocycles. The molecular formula is C14H17BrN2O3. The number of hydrogen-bond acceptors (Lipinski definition) is 2. The van der Waals surface area contributed by atoms with Gasteiger partial charge in [-0.25, -0.2) is 9.59 Å². The predicted molar refractivity (Wildman–Crippen MR) is 79.9 cm³/mol. The van der Waals surface area contributed by atoms with E-state index in [1.165, 1.54) is 4.90 Å². The first-order chi connectivity index (χ1) is 9.34. The highest BCUT2D eigenvalue weighted by molar-refractivity contribution is 9.10. The van der Waals surface area contributed by atoms with E-state index in [0.29, 0.717) is 25.1 Å². The van der Waals surface area contributed by atoms with E-state index in [0.717, 1.165) is 10.0 Å². The van der Waals surface area contributed by atoms with E-state index in [9.17, 15) is 14.7 Å². The number of carbonyl (C=O) groups excluding carboxylic acids is 1. The minimum Gasteiger partial charge on any atom is -0.480 e. The second-order valence-electron chi connectivity index (χ2n) is 5.23. The summed E-state index contributed by atoms with van der Waals surface area (Å²) in [5.74, 6) is -0.963. The molecule has 1 unspecified atom stereocenters. The zero-order chi connectivity index (χ0) is 14.9. The number of carboxylic acid groups (broad SMARTS) is 1. The van der Waals surface area contributed by atoms with Gasteiger partial charge in [0.05, 0.1) is 0 Å². The van der Waals surface area contributed by atoms with Gasteiger partial charge in [-0.3, -0.25) is 0 Å². The molecule has 1 aromatic carbocycles. The number of nitrogens with one attached hydrogen (secondary N) is 1. The average molecular weight is 341 g/mol. The van der Waals surface area contributed by atoms with Gasteiger partial charge in [-0.2, -0.15) is 0 Å². The summed E-state index contributed by atoms with van der Waals surface area (Å²) in [7, 11) is 0. The zero-order valence-corrected chi connectivity index (χ0v) is 13.0. The lowest BCUT2D eigenvalue weighted by Crippen LogP contribution is -2.52. The second kappa shape index (κ2) is 5.44. The first-order valence-electron chi connectivity index (χ1n) is 6.43. The third-order valence-corrected chi connectivity index (χ3v) is 4.62. The molecule has 1 aromatic rings. The quantitative estimate of drug-likeness (QED) is 0.868. The molecule has 2 amide bonds. The normalized spacial score (nSPS) is 21.9. The van der Waals surface area contributed by atoms with Crippen molar-refractivity contribution >= 4 is 33.6 Å². The number of amides is 2. The number of urea groups is 1. The van der Waals surface area contributed by atoms with Crippen molar-refractivity contribution in [3.8, 4) is 0 Å². The molecule has 0 aromatic heterocycles. The lowest BCUT2D eigenvalue weighted by atomic mass is 10.00. The van der Waals surface area contributed by atoms with Crippen LogP contribution in [0, 0.1) is 6.92 Å². The first-order valence-corrected chi connectivity index (χ1v) is 7.22. The smallest absolute Gasteiger partial charge is 0.329 e.